The van der Waals surface area contributed by atoms with Crippen LogP contribution in [0.3, 0.4) is 0 Å². The van der Waals surface area contributed by atoms with Crippen LogP contribution >= 0.6 is 0 Å². The van der Waals surface area contributed by atoms with E-state index >= 15 is 0 Å². The fourth-order valence-corrected chi connectivity index (χ4v) is 3.71. The van der Waals surface area contributed by atoms with E-state index in [0.717, 1.165) is 69.0 Å². The Labute approximate surface area is 156 Å². The second kappa shape index (κ2) is 7.42. The maximum absolute atomic E-state index is 13.0. The first-order valence-corrected chi connectivity index (χ1v) is 9.35. The number of hydrogen-bond donors (Lipinski definition) is 1. The number of anilines is 1. The molecule has 0 amide bonds. The summed E-state index contributed by atoms with van der Waals surface area (Å²) in [5.74, 6) is 1.02. The molecule has 8 heteroatoms. The smallest absolute Gasteiger partial charge is 0.341 e. The number of aromatic nitrogens is 3. The van der Waals surface area contributed by atoms with E-state index in [1.165, 1.54) is 6.20 Å². The van der Waals surface area contributed by atoms with Crippen molar-refractivity contribution < 1.29 is 13.2 Å². The second-order valence-electron chi connectivity index (χ2n) is 7.18. The van der Waals surface area contributed by atoms with E-state index in [1.807, 2.05) is 6.07 Å². The van der Waals surface area contributed by atoms with Gasteiger partial charge in [-0.3, -0.25) is 4.98 Å². The molecule has 2 fully saturated rings. The quantitative estimate of drug-likeness (QED) is 0.887. The summed E-state index contributed by atoms with van der Waals surface area (Å²) in [7, 11) is 0. The van der Waals surface area contributed by atoms with E-state index in [-0.39, 0.29) is 6.42 Å². The van der Waals surface area contributed by atoms with Crippen LogP contribution in [0.2, 0.25) is 0 Å². The first kappa shape index (κ1) is 18.2. The Morgan fingerprint density at radius 3 is 2.63 bits per heavy atom. The summed E-state index contributed by atoms with van der Waals surface area (Å²) < 4.78 is 38.9. The van der Waals surface area contributed by atoms with Crippen LogP contribution in [0.1, 0.15) is 47.8 Å². The van der Waals surface area contributed by atoms with Crippen LogP contribution in [-0.2, 0) is 12.6 Å². The standard InChI is InChI=1S/C19H22F3N5/c20-19(21,22)14-4-6-24-15(9-14)10-16-11-17(13-3-5-23-12-13)26-18(25-16)27-7-1-2-8-27/h4,6,9,11,13,23H,1-3,5,7-8,10,12H2. The SMILES string of the molecule is FC(F)(F)c1ccnc(Cc2cc(C3CCNC3)nc(N3CCCC3)n2)c1. The van der Waals surface area contributed by atoms with Crippen molar-refractivity contribution in [1.29, 1.82) is 0 Å². The van der Waals surface area contributed by atoms with Crippen LogP contribution in [0.15, 0.2) is 24.4 Å². The Kier molecular flexibility index (Phi) is 4.99. The molecular formula is C19H22F3N5. The van der Waals surface area contributed by atoms with Crippen molar-refractivity contribution in [3.05, 3.63) is 47.0 Å². The zero-order chi connectivity index (χ0) is 18.9. The van der Waals surface area contributed by atoms with Crippen molar-refractivity contribution in [2.24, 2.45) is 0 Å². The van der Waals surface area contributed by atoms with E-state index in [1.54, 1.807) is 0 Å². The summed E-state index contributed by atoms with van der Waals surface area (Å²) in [6.07, 6.45) is 0.345. The maximum atomic E-state index is 13.0. The summed E-state index contributed by atoms with van der Waals surface area (Å²) >= 11 is 0. The largest absolute Gasteiger partial charge is 0.416 e. The number of pyridine rings is 1. The molecule has 5 nitrogen and oxygen atoms in total. The molecule has 27 heavy (non-hydrogen) atoms. The molecule has 0 aromatic carbocycles. The Balaban J connectivity index is 1.65. The number of halogens is 3. The average Bonchev–Trinajstić information content (AvgIpc) is 3.35. The minimum Gasteiger partial charge on any atom is -0.341 e. The second-order valence-corrected chi connectivity index (χ2v) is 7.18. The molecule has 2 aliphatic rings. The van der Waals surface area contributed by atoms with Gasteiger partial charge in [-0.05, 0) is 44.0 Å². The third-order valence-electron chi connectivity index (χ3n) is 5.16. The highest BCUT2D eigenvalue weighted by atomic mass is 19.4. The lowest BCUT2D eigenvalue weighted by molar-refractivity contribution is -0.137. The summed E-state index contributed by atoms with van der Waals surface area (Å²) in [6, 6.07) is 4.03. The lowest BCUT2D eigenvalue weighted by Gasteiger charge is -2.19. The van der Waals surface area contributed by atoms with E-state index in [0.29, 0.717) is 17.6 Å². The normalized spacial score (nSPS) is 20.4. The molecule has 1 unspecified atom stereocenters. The third kappa shape index (κ3) is 4.21. The molecule has 0 bridgehead atoms. The minimum atomic E-state index is -4.37. The lowest BCUT2D eigenvalue weighted by atomic mass is 10.0. The molecule has 144 valence electrons. The highest BCUT2D eigenvalue weighted by molar-refractivity contribution is 5.36. The van der Waals surface area contributed by atoms with Crippen molar-refractivity contribution in [2.45, 2.75) is 37.8 Å². The fourth-order valence-electron chi connectivity index (χ4n) is 3.71. The van der Waals surface area contributed by atoms with Gasteiger partial charge in [0.25, 0.3) is 0 Å². The van der Waals surface area contributed by atoms with Crippen molar-refractivity contribution in [1.82, 2.24) is 20.3 Å². The number of alkyl halides is 3. The summed E-state index contributed by atoms with van der Waals surface area (Å²) in [5.41, 5.74) is 1.38. The average molecular weight is 377 g/mol. The summed E-state index contributed by atoms with van der Waals surface area (Å²) in [4.78, 5) is 15.7. The molecule has 0 saturated carbocycles. The van der Waals surface area contributed by atoms with E-state index < -0.39 is 11.7 Å². The maximum Gasteiger partial charge on any atom is 0.416 e. The van der Waals surface area contributed by atoms with Crippen molar-refractivity contribution in [2.75, 3.05) is 31.1 Å². The molecule has 0 aliphatic carbocycles. The van der Waals surface area contributed by atoms with Gasteiger partial charge in [0.1, 0.15) is 0 Å². The van der Waals surface area contributed by atoms with Crippen LogP contribution < -0.4 is 10.2 Å². The van der Waals surface area contributed by atoms with Gasteiger partial charge in [-0.25, -0.2) is 9.97 Å². The molecule has 4 heterocycles. The zero-order valence-corrected chi connectivity index (χ0v) is 15.0. The molecule has 4 rings (SSSR count). The molecule has 0 spiro atoms. The van der Waals surface area contributed by atoms with Gasteiger partial charge in [-0.2, -0.15) is 13.2 Å². The first-order chi connectivity index (χ1) is 13.0. The van der Waals surface area contributed by atoms with Gasteiger partial charge in [0.15, 0.2) is 0 Å². The van der Waals surface area contributed by atoms with Gasteiger partial charge in [-0.1, -0.05) is 0 Å². The van der Waals surface area contributed by atoms with E-state index in [4.69, 9.17) is 4.98 Å². The van der Waals surface area contributed by atoms with E-state index in [2.05, 4.69) is 20.2 Å². The van der Waals surface area contributed by atoms with Gasteiger partial charge in [0.2, 0.25) is 5.95 Å². The number of rotatable bonds is 4. The van der Waals surface area contributed by atoms with Crippen LogP contribution in [0, 0.1) is 0 Å². The Hall–Kier alpha value is -2.22. The monoisotopic (exact) mass is 377 g/mol. The van der Waals surface area contributed by atoms with Crippen LogP contribution in [0.25, 0.3) is 0 Å². The highest BCUT2D eigenvalue weighted by Crippen LogP contribution is 2.30. The third-order valence-corrected chi connectivity index (χ3v) is 5.16. The highest BCUT2D eigenvalue weighted by Gasteiger charge is 2.31. The van der Waals surface area contributed by atoms with Crippen LogP contribution in [0.4, 0.5) is 19.1 Å². The van der Waals surface area contributed by atoms with Gasteiger partial charge in [-0.15, -0.1) is 0 Å². The zero-order valence-electron chi connectivity index (χ0n) is 15.0. The van der Waals surface area contributed by atoms with Crippen molar-refractivity contribution in [3.8, 4) is 0 Å². The van der Waals surface area contributed by atoms with Gasteiger partial charge in [0.05, 0.1) is 17.0 Å². The first-order valence-electron chi connectivity index (χ1n) is 9.35. The van der Waals surface area contributed by atoms with Gasteiger partial charge >= 0.3 is 6.18 Å². The summed E-state index contributed by atoms with van der Waals surface area (Å²) in [5, 5.41) is 3.34. The molecule has 2 aliphatic heterocycles. The predicted molar refractivity (Wildman–Crippen MR) is 95.8 cm³/mol. The molecule has 0 radical (unpaired) electrons. The minimum absolute atomic E-state index is 0.264. The number of nitrogens with zero attached hydrogens (tertiary/aromatic N) is 4. The van der Waals surface area contributed by atoms with Gasteiger partial charge in [0, 0.05) is 43.9 Å². The molecule has 1 N–H and O–H groups in total. The van der Waals surface area contributed by atoms with Crippen molar-refractivity contribution in [3.63, 3.8) is 0 Å². The topological polar surface area (TPSA) is 53.9 Å². The summed E-state index contributed by atoms with van der Waals surface area (Å²) in [6.45, 7) is 3.68. The van der Waals surface area contributed by atoms with Gasteiger partial charge < -0.3 is 10.2 Å². The lowest BCUT2D eigenvalue weighted by Crippen LogP contribution is -2.22. The van der Waals surface area contributed by atoms with Crippen LogP contribution in [0.5, 0.6) is 0 Å². The fraction of sp³-hybridized carbons (Fsp3) is 0.526. The van der Waals surface area contributed by atoms with E-state index in [9.17, 15) is 13.2 Å². The van der Waals surface area contributed by atoms with Crippen LogP contribution in [-0.4, -0.2) is 41.1 Å². The molecular weight excluding hydrogens is 355 g/mol. The Morgan fingerprint density at radius 2 is 1.93 bits per heavy atom. The molecule has 2 saturated heterocycles. The molecule has 2 aromatic rings. The number of hydrogen-bond acceptors (Lipinski definition) is 5. The number of nitrogens with one attached hydrogen (secondary N) is 1. The Bertz CT molecular complexity index is 762. The molecule has 2 aromatic heterocycles. The molecule has 1 atom stereocenters. The van der Waals surface area contributed by atoms with Crippen molar-refractivity contribution >= 4 is 5.95 Å². The Morgan fingerprint density at radius 1 is 1.11 bits per heavy atom. The predicted octanol–water partition coefficient (Wildman–Crippen LogP) is 3.16.